The van der Waals surface area contributed by atoms with Gasteiger partial charge in [0.15, 0.2) is 23.6 Å². The molecule has 0 aliphatic heterocycles. The maximum absolute atomic E-state index is 13.5. The average molecular weight is 587 g/mol. The van der Waals surface area contributed by atoms with Crippen LogP contribution in [0.1, 0.15) is 71.6 Å². The molecule has 3 amide bonds. The van der Waals surface area contributed by atoms with Crippen molar-refractivity contribution in [1.29, 1.82) is 0 Å². The number of para-hydroxylation sites is 1. The molecule has 7 N–H and O–H groups in total. The number of rotatable bonds is 14. The van der Waals surface area contributed by atoms with E-state index < -0.39 is 71.8 Å². The summed E-state index contributed by atoms with van der Waals surface area (Å²) in [4.78, 5) is 65.9. The zero-order chi connectivity index (χ0) is 30.9. The highest BCUT2D eigenvalue weighted by molar-refractivity contribution is 6.31. The van der Waals surface area contributed by atoms with Crippen molar-refractivity contribution in [3.05, 3.63) is 30.3 Å². The Hall–Kier alpha value is -3.15. The van der Waals surface area contributed by atoms with Gasteiger partial charge in [-0.15, -0.1) is 0 Å². The van der Waals surface area contributed by atoms with Gasteiger partial charge in [-0.05, 0) is 49.8 Å². The van der Waals surface area contributed by atoms with Crippen molar-refractivity contribution < 1.29 is 33.8 Å². The van der Waals surface area contributed by atoms with E-state index in [4.69, 9.17) is 16.2 Å². The highest BCUT2D eigenvalue weighted by Crippen LogP contribution is 2.36. The van der Waals surface area contributed by atoms with Gasteiger partial charge in [-0.1, -0.05) is 64.2 Å². The second-order valence-corrected chi connectivity index (χ2v) is 12.0. The van der Waals surface area contributed by atoms with Crippen molar-refractivity contribution in [3.8, 4) is 5.75 Å². The Bertz CT molecular complexity index is 1110. The minimum Gasteiger partial charge on any atom is -0.484 e. The quantitative estimate of drug-likeness (QED) is 0.200. The molecule has 2 saturated carbocycles. The van der Waals surface area contributed by atoms with Crippen LogP contribution in [-0.2, 0) is 24.0 Å². The summed E-state index contributed by atoms with van der Waals surface area (Å²) in [6.07, 6.45) is 4.72. The monoisotopic (exact) mass is 586 g/mol. The number of imide groups is 1. The number of Topliss-reactive ketones (excluding diaryl/α,β-unsaturated/α-hetero) is 2. The maximum atomic E-state index is 13.5. The van der Waals surface area contributed by atoms with Gasteiger partial charge in [0.1, 0.15) is 5.75 Å². The number of carbonyl (C=O) groups excluding carboxylic acids is 5. The van der Waals surface area contributed by atoms with Crippen molar-refractivity contribution >= 4 is 29.3 Å². The van der Waals surface area contributed by atoms with Crippen molar-refractivity contribution in [3.63, 3.8) is 0 Å². The number of amides is 3. The third-order valence-electron chi connectivity index (χ3n) is 8.66. The topological polar surface area (TPSA) is 191 Å². The summed E-state index contributed by atoms with van der Waals surface area (Å²) in [6, 6.07) is 6.85. The van der Waals surface area contributed by atoms with Gasteiger partial charge in [-0.25, -0.2) is 0 Å². The van der Waals surface area contributed by atoms with E-state index in [0.29, 0.717) is 18.1 Å². The van der Waals surface area contributed by atoms with Crippen LogP contribution in [0.25, 0.3) is 0 Å². The number of ketones is 2. The van der Waals surface area contributed by atoms with E-state index in [2.05, 4.69) is 10.6 Å². The fourth-order valence-electron chi connectivity index (χ4n) is 6.13. The Balaban J connectivity index is 1.64. The summed E-state index contributed by atoms with van der Waals surface area (Å²) in [7, 11) is 0. The number of nitrogens with one attached hydrogen (secondary N) is 2. The third kappa shape index (κ3) is 8.23. The molecule has 0 bridgehead atoms. The number of hydrogen-bond donors (Lipinski definition) is 5. The second-order valence-electron chi connectivity index (χ2n) is 12.0. The molecule has 0 radical (unpaired) electrons. The van der Waals surface area contributed by atoms with E-state index in [1.807, 2.05) is 0 Å². The molecule has 1 aromatic rings. The number of hydrogen-bond acceptors (Lipinski definition) is 9. The Kier molecular flexibility index (Phi) is 12.2. The molecule has 0 saturated heterocycles. The van der Waals surface area contributed by atoms with Gasteiger partial charge in [0.2, 0.25) is 11.8 Å². The standard InChI is InChI=1S/C31H46N4O7/c1-19(2)22(16-25(36)23(33)15-20-9-5-3-6-10-20)29(40)35-30(41)31(13-14-32)26(37)17-24(28(31)39)34-27(38)18-42-21-11-7-4-8-12-21/h4,7-8,11-12,19-20,22-25,36H,3,5-6,9-10,13-18,32-33H2,1-2H3,(H,34,38)(H,35,40,41)/t22?,23-,24-,25-,31-/m0/s1. The molecule has 2 fully saturated rings. The van der Waals surface area contributed by atoms with Crippen LogP contribution in [0, 0.1) is 23.2 Å². The van der Waals surface area contributed by atoms with Gasteiger partial charge in [-0.2, -0.15) is 0 Å². The molecule has 42 heavy (non-hydrogen) atoms. The summed E-state index contributed by atoms with van der Waals surface area (Å²) >= 11 is 0. The lowest BCUT2D eigenvalue weighted by Gasteiger charge is -2.30. The van der Waals surface area contributed by atoms with Crippen molar-refractivity contribution in [1.82, 2.24) is 10.6 Å². The van der Waals surface area contributed by atoms with Crippen LogP contribution in [-0.4, -0.2) is 65.7 Å². The molecule has 2 aliphatic rings. The highest BCUT2D eigenvalue weighted by Gasteiger charge is 2.60. The molecule has 3 rings (SSSR count). The first-order chi connectivity index (χ1) is 20.0. The molecular weight excluding hydrogens is 540 g/mol. The summed E-state index contributed by atoms with van der Waals surface area (Å²) in [5, 5.41) is 15.6. The summed E-state index contributed by atoms with van der Waals surface area (Å²) in [5.74, 6) is -4.05. The summed E-state index contributed by atoms with van der Waals surface area (Å²) in [6.45, 7) is 3.02. The van der Waals surface area contributed by atoms with Gasteiger partial charge in [0, 0.05) is 18.4 Å². The zero-order valence-corrected chi connectivity index (χ0v) is 24.7. The molecule has 0 heterocycles. The highest BCUT2D eigenvalue weighted by atomic mass is 16.5. The average Bonchev–Trinajstić information content (AvgIpc) is 3.20. The predicted octanol–water partition coefficient (Wildman–Crippen LogP) is 1.39. The molecule has 11 nitrogen and oxygen atoms in total. The molecule has 232 valence electrons. The Morgan fingerprint density at radius 2 is 1.76 bits per heavy atom. The van der Waals surface area contributed by atoms with Gasteiger partial charge in [0.05, 0.1) is 12.1 Å². The van der Waals surface area contributed by atoms with Gasteiger partial charge in [0.25, 0.3) is 5.91 Å². The van der Waals surface area contributed by atoms with Gasteiger partial charge >= 0.3 is 0 Å². The lowest BCUT2D eigenvalue weighted by Crippen LogP contribution is -2.55. The lowest BCUT2D eigenvalue weighted by atomic mass is 9.78. The van der Waals surface area contributed by atoms with E-state index >= 15 is 0 Å². The van der Waals surface area contributed by atoms with Crippen LogP contribution in [0.15, 0.2) is 30.3 Å². The van der Waals surface area contributed by atoms with Crippen molar-refractivity contribution in [2.45, 2.75) is 89.8 Å². The molecule has 0 spiro atoms. The number of ether oxygens (including phenoxy) is 1. The minimum absolute atomic E-state index is 0.0382. The molecule has 5 atom stereocenters. The van der Waals surface area contributed by atoms with Crippen molar-refractivity contribution in [2.24, 2.45) is 34.6 Å². The predicted molar refractivity (Wildman–Crippen MR) is 156 cm³/mol. The van der Waals surface area contributed by atoms with Crippen molar-refractivity contribution in [2.75, 3.05) is 13.2 Å². The summed E-state index contributed by atoms with van der Waals surface area (Å²) < 4.78 is 5.40. The number of aliphatic hydroxyl groups is 1. The summed E-state index contributed by atoms with van der Waals surface area (Å²) in [5.41, 5.74) is 9.82. The van der Waals surface area contributed by atoms with E-state index in [0.717, 1.165) is 25.7 Å². The zero-order valence-electron chi connectivity index (χ0n) is 24.7. The lowest BCUT2D eigenvalue weighted by molar-refractivity contribution is -0.149. The maximum Gasteiger partial charge on any atom is 0.258 e. The van der Waals surface area contributed by atoms with E-state index in [-0.39, 0.29) is 25.3 Å². The molecule has 1 aromatic carbocycles. The fourth-order valence-corrected chi connectivity index (χ4v) is 6.13. The van der Waals surface area contributed by atoms with Crippen LogP contribution in [0.5, 0.6) is 5.75 Å². The first-order valence-electron chi connectivity index (χ1n) is 15.0. The minimum atomic E-state index is -2.19. The van der Waals surface area contributed by atoms with Crippen LogP contribution in [0.3, 0.4) is 0 Å². The fraction of sp³-hybridized carbons (Fsp3) is 0.645. The van der Waals surface area contributed by atoms with Crippen LogP contribution >= 0.6 is 0 Å². The van der Waals surface area contributed by atoms with E-state index in [1.165, 1.54) is 6.42 Å². The smallest absolute Gasteiger partial charge is 0.258 e. The first kappa shape index (κ1) is 33.4. The normalized spacial score (nSPS) is 23.3. The largest absolute Gasteiger partial charge is 0.484 e. The van der Waals surface area contributed by atoms with Crippen LogP contribution in [0.4, 0.5) is 0 Å². The van der Waals surface area contributed by atoms with Gasteiger partial charge in [-0.3, -0.25) is 29.3 Å². The number of nitrogens with two attached hydrogens (primary N) is 2. The molecule has 11 heteroatoms. The SMILES string of the molecule is CC(C)C(C[C@H](O)[C@@H](N)CC1CCCCC1)C(=O)NC(=O)[C@@]1(CCN)C(=O)C[C@H](NC(=O)COc2ccccc2)C1=O. The van der Waals surface area contributed by atoms with E-state index in [1.54, 1.807) is 44.2 Å². The third-order valence-corrected chi connectivity index (χ3v) is 8.66. The molecular formula is C31H46N4O7. The Labute approximate surface area is 247 Å². The molecule has 1 unspecified atom stereocenters. The Morgan fingerprint density at radius 1 is 1.10 bits per heavy atom. The molecule has 0 aromatic heterocycles. The second kappa shape index (κ2) is 15.4. The Morgan fingerprint density at radius 3 is 2.38 bits per heavy atom. The first-order valence-corrected chi connectivity index (χ1v) is 15.0. The molecule has 2 aliphatic carbocycles. The van der Waals surface area contributed by atoms with Crippen LogP contribution < -0.4 is 26.8 Å². The van der Waals surface area contributed by atoms with Crippen LogP contribution in [0.2, 0.25) is 0 Å². The van der Waals surface area contributed by atoms with Gasteiger partial charge < -0.3 is 26.6 Å². The number of benzene rings is 1. The number of aliphatic hydroxyl groups excluding tert-OH is 1. The van der Waals surface area contributed by atoms with E-state index in [9.17, 15) is 29.1 Å². The number of carbonyl (C=O) groups is 5.